The van der Waals surface area contributed by atoms with Crippen molar-refractivity contribution in [3.8, 4) is 11.5 Å². The summed E-state index contributed by atoms with van der Waals surface area (Å²) in [6.07, 6.45) is 2.12. The maximum absolute atomic E-state index is 5.87. The molecular weight excluding hydrogens is 276 g/mol. The smallest absolute Gasteiger partial charge is 0.119 e. The zero-order chi connectivity index (χ0) is 13.5. The average Bonchev–Trinajstić information content (AvgIpc) is 2.84. The number of benzene rings is 1. The Morgan fingerprint density at radius 2 is 1.75 bits per heavy atom. The molecule has 1 aromatic rings. The van der Waals surface area contributed by atoms with Crippen molar-refractivity contribution in [2.45, 2.75) is 25.8 Å². The molecule has 0 aromatic heterocycles. The molecule has 1 atom stereocenters. The SMILES string of the molecule is CCCOc1ccc(OCCN2CC[C@H](N)C2)cc1.Cl. The first-order valence-corrected chi connectivity index (χ1v) is 7.11. The molecule has 4 nitrogen and oxygen atoms in total. The van der Waals surface area contributed by atoms with Crippen LogP contribution in [-0.2, 0) is 0 Å². The molecule has 1 fully saturated rings. The largest absolute Gasteiger partial charge is 0.494 e. The topological polar surface area (TPSA) is 47.7 Å². The Labute approximate surface area is 127 Å². The molecule has 5 heteroatoms. The molecule has 20 heavy (non-hydrogen) atoms. The first-order chi connectivity index (χ1) is 9.28. The van der Waals surface area contributed by atoms with E-state index in [4.69, 9.17) is 15.2 Å². The van der Waals surface area contributed by atoms with Gasteiger partial charge in [-0.1, -0.05) is 6.92 Å². The maximum Gasteiger partial charge on any atom is 0.119 e. The van der Waals surface area contributed by atoms with Crippen LogP contribution in [0.4, 0.5) is 0 Å². The van der Waals surface area contributed by atoms with E-state index in [0.29, 0.717) is 12.6 Å². The fourth-order valence-electron chi connectivity index (χ4n) is 2.21. The number of nitrogens with two attached hydrogens (primary N) is 1. The number of nitrogens with zero attached hydrogens (tertiary/aromatic N) is 1. The Hall–Kier alpha value is -0.970. The summed E-state index contributed by atoms with van der Waals surface area (Å²) in [6, 6.07) is 8.17. The first kappa shape index (κ1) is 17.1. The lowest BCUT2D eigenvalue weighted by Crippen LogP contribution is -2.29. The number of hydrogen-bond donors (Lipinski definition) is 1. The zero-order valence-electron chi connectivity index (χ0n) is 12.1. The van der Waals surface area contributed by atoms with Crippen LogP contribution in [0.15, 0.2) is 24.3 Å². The number of rotatable bonds is 7. The van der Waals surface area contributed by atoms with Gasteiger partial charge in [-0.15, -0.1) is 12.4 Å². The fourth-order valence-corrected chi connectivity index (χ4v) is 2.21. The third-order valence-corrected chi connectivity index (χ3v) is 3.28. The van der Waals surface area contributed by atoms with Gasteiger partial charge in [0.2, 0.25) is 0 Å². The van der Waals surface area contributed by atoms with Crippen LogP contribution in [0.3, 0.4) is 0 Å². The Balaban J connectivity index is 0.00000200. The molecule has 2 N–H and O–H groups in total. The molecule has 1 aliphatic heterocycles. The standard InChI is InChI=1S/C15H24N2O2.ClH/c1-2-10-18-14-3-5-15(6-4-14)19-11-9-17-8-7-13(16)12-17;/h3-6,13H,2,7-12,16H2,1H3;1H/t13-;/m0./s1. The molecule has 0 saturated carbocycles. The second-order valence-corrected chi connectivity index (χ2v) is 5.02. The van der Waals surface area contributed by atoms with Gasteiger partial charge in [-0.05, 0) is 43.7 Å². The number of likely N-dealkylation sites (tertiary alicyclic amines) is 1. The molecule has 0 unspecified atom stereocenters. The van der Waals surface area contributed by atoms with Gasteiger partial charge in [0.05, 0.1) is 6.61 Å². The lowest BCUT2D eigenvalue weighted by atomic mass is 10.3. The van der Waals surface area contributed by atoms with Gasteiger partial charge in [-0.3, -0.25) is 4.90 Å². The van der Waals surface area contributed by atoms with Crippen LogP contribution in [-0.4, -0.2) is 43.8 Å². The predicted octanol–water partition coefficient (Wildman–Crippen LogP) is 2.31. The Morgan fingerprint density at radius 1 is 1.15 bits per heavy atom. The Bertz CT molecular complexity index is 373. The minimum atomic E-state index is 0. The summed E-state index contributed by atoms with van der Waals surface area (Å²) in [6.45, 7) is 6.60. The van der Waals surface area contributed by atoms with E-state index in [1.807, 2.05) is 24.3 Å². The Kier molecular flexibility index (Phi) is 7.73. The zero-order valence-corrected chi connectivity index (χ0v) is 12.9. The Morgan fingerprint density at radius 3 is 2.25 bits per heavy atom. The summed E-state index contributed by atoms with van der Waals surface area (Å²) in [5.74, 6) is 1.80. The second kappa shape index (κ2) is 9.06. The first-order valence-electron chi connectivity index (χ1n) is 7.11. The van der Waals surface area contributed by atoms with E-state index in [-0.39, 0.29) is 12.4 Å². The van der Waals surface area contributed by atoms with Crippen molar-refractivity contribution in [1.29, 1.82) is 0 Å². The highest BCUT2D eigenvalue weighted by molar-refractivity contribution is 5.85. The van der Waals surface area contributed by atoms with Gasteiger partial charge in [0.1, 0.15) is 18.1 Å². The van der Waals surface area contributed by atoms with Gasteiger partial charge in [-0.25, -0.2) is 0 Å². The van der Waals surface area contributed by atoms with Gasteiger partial charge < -0.3 is 15.2 Å². The molecule has 1 aromatic carbocycles. The van der Waals surface area contributed by atoms with Crippen molar-refractivity contribution in [3.05, 3.63) is 24.3 Å². The van der Waals surface area contributed by atoms with Crippen LogP contribution in [0.5, 0.6) is 11.5 Å². The lowest BCUT2D eigenvalue weighted by molar-refractivity contribution is 0.236. The van der Waals surface area contributed by atoms with Crippen LogP contribution in [0.1, 0.15) is 19.8 Å². The molecule has 114 valence electrons. The van der Waals surface area contributed by atoms with Gasteiger partial charge in [0.25, 0.3) is 0 Å². The van der Waals surface area contributed by atoms with Crippen molar-refractivity contribution in [2.24, 2.45) is 5.73 Å². The number of halogens is 1. The monoisotopic (exact) mass is 300 g/mol. The van der Waals surface area contributed by atoms with Crippen molar-refractivity contribution >= 4 is 12.4 Å². The summed E-state index contributed by atoms with van der Waals surface area (Å²) >= 11 is 0. The van der Waals surface area contributed by atoms with Crippen LogP contribution < -0.4 is 15.2 Å². The summed E-state index contributed by atoms with van der Waals surface area (Å²) in [5, 5.41) is 0. The van der Waals surface area contributed by atoms with Crippen LogP contribution in [0, 0.1) is 0 Å². The van der Waals surface area contributed by atoms with Crippen molar-refractivity contribution in [3.63, 3.8) is 0 Å². The molecular formula is C15H25ClN2O2. The molecule has 1 aliphatic rings. The van der Waals surface area contributed by atoms with Gasteiger partial charge in [0.15, 0.2) is 0 Å². The molecule has 0 bridgehead atoms. The predicted molar refractivity (Wildman–Crippen MR) is 84.0 cm³/mol. The quantitative estimate of drug-likeness (QED) is 0.839. The number of ether oxygens (including phenoxy) is 2. The van der Waals surface area contributed by atoms with Crippen LogP contribution in [0.2, 0.25) is 0 Å². The fraction of sp³-hybridized carbons (Fsp3) is 0.600. The van der Waals surface area contributed by atoms with E-state index in [0.717, 1.165) is 50.6 Å². The molecule has 0 amide bonds. The van der Waals surface area contributed by atoms with Crippen LogP contribution in [0.25, 0.3) is 0 Å². The third kappa shape index (κ3) is 5.57. The van der Waals surface area contributed by atoms with E-state index in [1.165, 1.54) is 0 Å². The highest BCUT2D eigenvalue weighted by Crippen LogP contribution is 2.17. The van der Waals surface area contributed by atoms with Crippen molar-refractivity contribution in [2.75, 3.05) is 32.8 Å². The summed E-state index contributed by atoms with van der Waals surface area (Å²) in [4.78, 5) is 2.35. The molecule has 1 saturated heterocycles. The summed E-state index contributed by atoms with van der Waals surface area (Å²) in [5.41, 5.74) is 5.87. The van der Waals surface area contributed by atoms with Gasteiger partial charge in [0, 0.05) is 19.1 Å². The minimum absolute atomic E-state index is 0. The second-order valence-electron chi connectivity index (χ2n) is 5.02. The van der Waals surface area contributed by atoms with Gasteiger partial charge >= 0.3 is 0 Å². The minimum Gasteiger partial charge on any atom is -0.494 e. The van der Waals surface area contributed by atoms with Gasteiger partial charge in [-0.2, -0.15) is 0 Å². The summed E-state index contributed by atoms with van der Waals surface area (Å²) in [7, 11) is 0. The average molecular weight is 301 g/mol. The van der Waals surface area contributed by atoms with E-state index in [1.54, 1.807) is 0 Å². The van der Waals surface area contributed by atoms with Crippen LogP contribution >= 0.6 is 12.4 Å². The van der Waals surface area contributed by atoms with E-state index >= 15 is 0 Å². The molecule has 0 radical (unpaired) electrons. The van der Waals surface area contributed by atoms with E-state index < -0.39 is 0 Å². The molecule has 0 aliphatic carbocycles. The van der Waals surface area contributed by atoms with Crippen molar-refractivity contribution in [1.82, 2.24) is 4.90 Å². The lowest BCUT2D eigenvalue weighted by Gasteiger charge is -2.15. The molecule has 2 rings (SSSR count). The van der Waals surface area contributed by atoms with E-state index in [9.17, 15) is 0 Å². The third-order valence-electron chi connectivity index (χ3n) is 3.28. The van der Waals surface area contributed by atoms with E-state index in [2.05, 4.69) is 11.8 Å². The maximum atomic E-state index is 5.87. The summed E-state index contributed by atoms with van der Waals surface area (Å²) < 4.78 is 11.3. The normalized spacial score (nSPS) is 18.6. The van der Waals surface area contributed by atoms with Crippen molar-refractivity contribution < 1.29 is 9.47 Å². The molecule has 1 heterocycles. The highest BCUT2D eigenvalue weighted by Gasteiger charge is 2.18. The highest BCUT2D eigenvalue weighted by atomic mass is 35.5. The number of hydrogen-bond acceptors (Lipinski definition) is 4. The molecule has 0 spiro atoms.